The molecule has 1 heterocycles. The highest BCUT2D eigenvalue weighted by Crippen LogP contribution is 2.25. The molecule has 0 amide bonds. The summed E-state index contributed by atoms with van der Waals surface area (Å²) in [7, 11) is 1.88. The Kier molecular flexibility index (Phi) is 3.12. The Morgan fingerprint density at radius 2 is 1.88 bits per heavy atom. The van der Waals surface area contributed by atoms with Crippen molar-refractivity contribution in [3.05, 3.63) is 30.3 Å². The lowest BCUT2D eigenvalue weighted by Crippen LogP contribution is -2.51. The van der Waals surface area contributed by atoms with E-state index in [2.05, 4.69) is 40.6 Å². The molecule has 0 radical (unpaired) electrons. The molecule has 1 aromatic carbocycles. The van der Waals surface area contributed by atoms with Crippen molar-refractivity contribution in [1.82, 2.24) is 5.32 Å². The van der Waals surface area contributed by atoms with Gasteiger partial charge >= 0.3 is 0 Å². The van der Waals surface area contributed by atoms with Crippen LogP contribution in [0.15, 0.2) is 30.3 Å². The SMILES string of the molecule is CNC1(C#N)CCN(c2ccccc2)CC1. The van der Waals surface area contributed by atoms with Crippen molar-refractivity contribution in [2.45, 2.75) is 18.4 Å². The second-order valence-electron chi connectivity index (χ2n) is 4.27. The van der Waals surface area contributed by atoms with Crippen LogP contribution in [-0.2, 0) is 0 Å². The van der Waals surface area contributed by atoms with E-state index in [1.54, 1.807) is 0 Å². The maximum Gasteiger partial charge on any atom is 0.109 e. The summed E-state index contributed by atoms with van der Waals surface area (Å²) in [6, 6.07) is 12.8. The molecule has 1 fully saturated rings. The molecule has 0 atom stereocenters. The van der Waals surface area contributed by atoms with Crippen molar-refractivity contribution >= 4 is 5.69 Å². The van der Waals surface area contributed by atoms with Gasteiger partial charge in [0.2, 0.25) is 0 Å². The Morgan fingerprint density at radius 1 is 1.25 bits per heavy atom. The highest BCUT2D eigenvalue weighted by atomic mass is 15.2. The average Bonchev–Trinajstić information content (AvgIpc) is 2.40. The van der Waals surface area contributed by atoms with E-state index < -0.39 is 0 Å². The number of nitrogens with zero attached hydrogens (tertiary/aromatic N) is 2. The third kappa shape index (κ3) is 2.02. The summed E-state index contributed by atoms with van der Waals surface area (Å²) in [4.78, 5) is 2.34. The van der Waals surface area contributed by atoms with Crippen LogP contribution in [0, 0.1) is 11.3 Å². The van der Waals surface area contributed by atoms with Crippen LogP contribution in [0.25, 0.3) is 0 Å². The predicted molar refractivity (Wildman–Crippen MR) is 65.3 cm³/mol. The molecular weight excluding hydrogens is 198 g/mol. The van der Waals surface area contributed by atoms with Gasteiger partial charge in [0.05, 0.1) is 6.07 Å². The van der Waals surface area contributed by atoms with E-state index in [0.29, 0.717) is 0 Å². The quantitative estimate of drug-likeness (QED) is 0.817. The summed E-state index contributed by atoms with van der Waals surface area (Å²) < 4.78 is 0. The molecule has 1 aromatic rings. The summed E-state index contributed by atoms with van der Waals surface area (Å²) in [6.45, 7) is 1.89. The van der Waals surface area contributed by atoms with Crippen molar-refractivity contribution in [2.24, 2.45) is 0 Å². The molecule has 0 spiro atoms. The first-order chi connectivity index (χ1) is 7.79. The third-order valence-electron chi connectivity index (χ3n) is 3.43. The number of anilines is 1. The number of hydrogen-bond acceptors (Lipinski definition) is 3. The van der Waals surface area contributed by atoms with E-state index in [-0.39, 0.29) is 5.54 Å². The molecule has 16 heavy (non-hydrogen) atoms. The monoisotopic (exact) mass is 215 g/mol. The molecule has 1 saturated heterocycles. The molecule has 0 aliphatic carbocycles. The summed E-state index contributed by atoms with van der Waals surface area (Å²) >= 11 is 0. The molecule has 0 saturated carbocycles. The largest absolute Gasteiger partial charge is 0.371 e. The standard InChI is InChI=1S/C13H17N3/c1-15-13(11-14)7-9-16(10-8-13)12-5-3-2-4-6-12/h2-6,15H,7-10H2,1H3. The molecule has 1 aliphatic rings. The molecule has 2 rings (SSSR count). The van der Waals surface area contributed by atoms with E-state index >= 15 is 0 Å². The van der Waals surface area contributed by atoms with Crippen LogP contribution >= 0.6 is 0 Å². The Morgan fingerprint density at radius 3 is 2.38 bits per heavy atom. The molecule has 3 nitrogen and oxygen atoms in total. The van der Waals surface area contributed by atoms with Gasteiger partial charge in [-0.05, 0) is 32.0 Å². The summed E-state index contributed by atoms with van der Waals surface area (Å²) in [5, 5.41) is 12.3. The number of hydrogen-bond donors (Lipinski definition) is 1. The van der Waals surface area contributed by atoms with Gasteiger partial charge in [0, 0.05) is 18.8 Å². The van der Waals surface area contributed by atoms with E-state index in [9.17, 15) is 0 Å². The Bertz CT molecular complexity index is 372. The highest BCUT2D eigenvalue weighted by Gasteiger charge is 2.32. The van der Waals surface area contributed by atoms with Gasteiger partial charge < -0.3 is 10.2 Å². The minimum absolute atomic E-state index is 0.314. The van der Waals surface area contributed by atoms with Gasteiger partial charge in [-0.3, -0.25) is 0 Å². The first-order valence-electron chi connectivity index (χ1n) is 5.70. The number of piperidine rings is 1. The minimum atomic E-state index is -0.314. The second-order valence-corrected chi connectivity index (χ2v) is 4.27. The highest BCUT2D eigenvalue weighted by molar-refractivity contribution is 5.46. The van der Waals surface area contributed by atoms with Crippen LogP contribution in [0.5, 0.6) is 0 Å². The summed E-state index contributed by atoms with van der Waals surface area (Å²) in [5.74, 6) is 0. The fraction of sp³-hybridized carbons (Fsp3) is 0.462. The van der Waals surface area contributed by atoms with Crippen molar-refractivity contribution in [2.75, 3.05) is 25.0 Å². The predicted octanol–water partition coefficient (Wildman–Crippen LogP) is 1.77. The van der Waals surface area contributed by atoms with Gasteiger partial charge in [-0.2, -0.15) is 5.26 Å². The maximum absolute atomic E-state index is 9.17. The van der Waals surface area contributed by atoms with Gasteiger partial charge in [0.25, 0.3) is 0 Å². The Hall–Kier alpha value is -1.53. The minimum Gasteiger partial charge on any atom is -0.371 e. The molecule has 0 aromatic heterocycles. The zero-order valence-corrected chi connectivity index (χ0v) is 9.61. The number of nitriles is 1. The fourth-order valence-corrected chi connectivity index (χ4v) is 2.20. The fourth-order valence-electron chi connectivity index (χ4n) is 2.20. The lowest BCUT2D eigenvalue weighted by atomic mass is 9.89. The molecule has 0 unspecified atom stereocenters. The van der Waals surface area contributed by atoms with Crippen molar-refractivity contribution in [1.29, 1.82) is 5.26 Å². The van der Waals surface area contributed by atoms with Gasteiger partial charge in [0.15, 0.2) is 0 Å². The molecule has 84 valence electrons. The summed E-state index contributed by atoms with van der Waals surface area (Å²) in [6.07, 6.45) is 1.77. The second kappa shape index (κ2) is 4.54. The summed E-state index contributed by atoms with van der Waals surface area (Å²) in [5.41, 5.74) is 0.941. The third-order valence-corrected chi connectivity index (χ3v) is 3.43. The maximum atomic E-state index is 9.17. The number of nitrogens with one attached hydrogen (secondary N) is 1. The van der Waals surface area contributed by atoms with Crippen molar-refractivity contribution in [3.8, 4) is 6.07 Å². The van der Waals surface area contributed by atoms with Gasteiger partial charge in [-0.25, -0.2) is 0 Å². The van der Waals surface area contributed by atoms with E-state index in [1.807, 2.05) is 13.1 Å². The van der Waals surface area contributed by atoms with Crippen LogP contribution < -0.4 is 10.2 Å². The smallest absolute Gasteiger partial charge is 0.109 e. The van der Waals surface area contributed by atoms with Crippen LogP contribution in [0.4, 0.5) is 5.69 Å². The molecule has 3 heteroatoms. The molecular formula is C13H17N3. The van der Waals surface area contributed by atoms with Crippen molar-refractivity contribution in [3.63, 3.8) is 0 Å². The normalized spacial score (nSPS) is 19.1. The van der Waals surface area contributed by atoms with E-state index in [1.165, 1.54) is 5.69 Å². The first-order valence-corrected chi connectivity index (χ1v) is 5.70. The van der Waals surface area contributed by atoms with Gasteiger partial charge in [0.1, 0.15) is 5.54 Å². The lowest BCUT2D eigenvalue weighted by Gasteiger charge is -2.38. The number of rotatable bonds is 2. The van der Waals surface area contributed by atoms with E-state index in [4.69, 9.17) is 5.26 Å². The molecule has 1 aliphatic heterocycles. The van der Waals surface area contributed by atoms with Crippen LogP contribution in [0.2, 0.25) is 0 Å². The average molecular weight is 215 g/mol. The number of benzene rings is 1. The zero-order chi connectivity index (χ0) is 11.4. The van der Waals surface area contributed by atoms with Crippen LogP contribution in [0.3, 0.4) is 0 Å². The van der Waals surface area contributed by atoms with Crippen LogP contribution in [0.1, 0.15) is 12.8 Å². The Labute approximate surface area is 96.7 Å². The Balaban J connectivity index is 2.04. The van der Waals surface area contributed by atoms with Gasteiger partial charge in [-0.15, -0.1) is 0 Å². The first kappa shape index (κ1) is 11.0. The van der Waals surface area contributed by atoms with E-state index in [0.717, 1.165) is 25.9 Å². The van der Waals surface area contributed by atoms with Gasteiger partial charge in [-0.1, -0.05) is 18.2 Å². The molecule has 1 N–H and O–H groups in total. The number of para-hydroxylation sites is 1. The van der Waals surface area contributed by atoms with Crippen molar-refractivity contribution < 1.29 is 0 Å². The molecule has 0 bridgehead atoms. The zero-order valence-electron chi connectivity index (χ0n) is 9.61. The van der Waals surface area contributed by atoms with Crippen LogP contribution in [-0.4, -0.2) is 25.7 Å². The topological polar surface area (TPSA) is 39.1 Å². The lowest BCUT2D eigenvalue weighted by molar-refractivity contribution is 0.355.